The van der Waals surface area contributed by atoms with Crippen molar-refractivity contribution in [3.63, 3.8) is 0 Å². The first-order valence-electron chi connectivity index (χ1n) is 6.27. The van der Waals surface area contributed by atoms with E-state index in [0.29, 0.717) is 26.2 Å². The van der Waals surface area contributed by atoms with Crippen molar-refractivity contribution in [2.75, 3.05) is 26.0 Å². The van der Waals surface area contributed by atoms with Gasteiger partial charge in [-0.25, -0.2) is 0 Å². The van der Waals surface area contributed by atoms with Crippen molar-refractivity contribution in [1.29, 1.82) is 0 Å². The fourth-order valence-corrected chi connectivity index (χ4v) is 3.65. The third-order valence-electron chi connectivity index (χ3n) is 2.67. The van der Waals surface area contributed by atoms with Gasteiger partial charge in [0.2, 0.25) is 5.91 Å². The second-order valence-electron chi connectivity index (χ2n) is 4.06. The fourth-order valence-electron chi connectivity index (χ4n) is 1.91. The van der Waals surface area contributed by atoms with Crippen LogP contribution in [-0.2, 0) is 18.4 Å². The Kier molecular flexibility index (Phi) is 6.17. The predicted octanol–water partition coefficient (Wildman–Crippen LogP) is 2.61. The Balaban J connectivity index is 2.64. The number of nitrogens with zero attached hydrogens (tertiary/aromatic N) is 1. The maximum absolute atomic E-state index is 12.3. The van der Waals surface area contributed by atoms with Gasteiger partial charge in [0.05, 0.1) is 13.2 Å². The first-order valence-corrected chi connectivity index (χ1v) is 8.00. The average molecular weight is 263 g/mol. The Bertz CT molecular complexity index is 285. The monoisotopic (exact) mass is 263 g/mol. The molecule has 0 saturated carbocycles. The van der Waals surface area contributed by atoms with E-state index >= 15 is 0 Å². The van der Waals surface area contributed by atoms with E-state index < -0.39 is 7.60 Å². The van der Waals surface area contributed by atoms with Gasteiger partial charge in [0.15, 0.2) is 0 Å². The largest absolute Gasteiger partial charge is 0.349 e. The summed E-state index contributed by atoms with van der Waals surface area (Å²) in [5, 5.41) is 0. The lowest BCUT2D eigenvalue weighted by Gasteiger charge is -2.25. The minimum atomic E-state index is -3.14. The van der Waals surface area contributed by atoms with Crippen molar-refractivity contribution in [2.24, 2.45) is 0 Å². The molecule has 5 nitrogen and oxygen atoms in total. The van der Waals surface area contributed by atoms with Crippen molar-refractivity contribution in [3.05, 3.63) is 0 Å². The Labute approximate surface area is 103 Å². The smallest absolute Gasteiger partial charge is 0.331 e. The van der Waals surface area contributed by atoms with Gasteiger partial charge in [-0.3, -0.25) is 9.36 Å². The number of amides is 1. The van der Waals surface area contributed by atoms with Gasteiger partial charge in [-0.05, 0) is 26.7 Å². The molecule has 0 N–H and O–H groups in total. The molecule has 0 unspecified atom stereocenters. The number of hydrogen-bond donors (Lipinski definition) is 0. The van der Waals surface area contributed by atoms with Crippen LogP contribution in [0.5, 0.6) is 0 Å². The number of hydrogen-bond acceptors (Lipinski definition) is 4. The lowest BCUT2D eigenvalue weighted by molar-refractivity contribution is -0.130. The fraction of sp³-hybridized carbons (Fsp3) is 0.909. The summed E-state index contributed by atoms with van der Waals surface area (Å²) in [7, 11) is -3.14. The lowest BCUT2D eigenvalue weighted by Crippen LogP contribution is -2.32. The summed E-state index contributed by atoms with van der Waals surface area (Å²) in [4.78, 5) is 13.4. The van der Waals surface area contributed by atoms with Crippen LogP contribution in [0.15, 0.2) is 0 Å². The van der Waals surface area contributed by atoms with Crippen LogP contribution < -0.4 is 0 Å². The van der Waals surface area contributed by atoms with Gasteiger partial charge in [0, 0.05) is 13.0 Å². The molecule has 1 amide bonds. The average Bonchev–Trinajstić information content (AvgIpc) is 2.45. The highest BCUT2D eigenvalue weighted by Crippen LogP contribution is 2.48. The van der Waals surface area contributed by atoms with Crippen molar-refractivity contribution in [1.82, 2.24) is 4.90 Å². The Morgan fingerprint density at radius 2 is 1.82 bits per heavy atom. The third-order valence-corrected chi connectivity index (χ3v) is 4.66. The van der Waals surface area contributed by atoms with Crippen LogP contribution >= 0.6 is 7.60 Å². The number of likely N-dealkylation sites (tertiary alicyclic amines) is 1. The van der Waals surface area contributed by atoms with Gasteiger partial charge in [0.1, 0.15) is 6.29 Å². The van der Waals surface area contributed by atoms with E-state index in [-0.39, 0.29) is 12.2 Å². The molecule has 0 aromatic heterocycles. The normalized spacial score (nSPS) is 18.2. The zero-order valence-electron chi connectivity index (χ0n) is 10.7. The molecular weight excluding hydrogens is 241 g/mol. The van der Waals surface area contributed by atoms with E-state index in [1.54, 1.807) is 18.7 Å². The summed E-state index contributed by atoms with van der Waals surface area (Å²) in [6.45, 7) is 4.87. The van der Waals surface area contributed by atoms with Crippen LogP contribution in [0.1, 0.15) is 39.5 Å². The molecule has 1 rings (SSSR count). The van der Waals surface area contributed by atoms with Crippen molar-refractivity contribution in [3.8, 4) is 0 Å². The van der Waals surface area contributed by atoms with Crippen molar-refractivity contribution < 1.29 is 18.4 Å². The second-order valence-corrected chi connectivity index (χ2v) is 6.08. The molecule has 1 aliphatic heterocycles. The molecule has 6 heteroatoms. The highest BCUT2D eigenvalue weighted by atomic mass is 31.2. The number of carbonyl (C=O) groups excluding carboxylic acids is 1. The highest BCUT2D eigenvalue weighted by molar-refractivity contribution is 7.53. The maximum Gasteiger partial charge on any atom is 0.349 e. The summed E-state index contributed by atoms with van der Waals surface area (Å²) in [6, 6.07) is 0. The van der Waals surface area contributed by atoms with Gasteiger partial charge in [-0.1, -0.05) is 6.42 Å². The SMILES string of the molecule is CCOP(=O)(CN1CCCCCC1=O)OCC. The molecule has 1 fully saturated rings. The van der Waals surface area contributed by atoms with Crippen LogP contribution in [0.25, 0.3) is 0 Å². The molecule has 1 aliphatic rings. The minimum absolute atomic E-state index is 0.0575. The van der Waals surface area contributed by atoms with Crippen LogP contribution in [0.4, 0.5) is 0 Å². The standard InChI is InChI=1S/C11H22NO4P/c1-3-15-17(14,16-4-2)10-12-9-7-5-6-8-11(12)13/h3-10H2,1-2H3. The van der Waals surface area contributed by atoms with Gasteiger partial charge >= 0.3 is 7.60 Å². The third kappa shape index (κ3) is 4.78. The topological polar surface area (TPSA) is 55.8 Å². The molecule has 0 aromatic rings. The van der Waals surface area contributed by atoms with Gasteiger partial charge in [0.25, 0.3) is 0 Å². The molecule has 0 aliphatic carbocycles. The van der Waals surface area contributed by atoms with E-state index in [0.717, 1.165) is 19.3 Å². The number of rotatable bonds is 6. The summed E-state index contributed by atoms with van der Waals surface area (Å²) in [6.07, 6.45) is 3.56. The maximum atomic E-state index is 12.3. The zero-order valence-corrected chi connectivity index (χ0v) is 11.6. The highest BCUT2D eigenvalue weighted by Gasteiger charge is 2.30. The molecule has 1 saturated heterocycles. The Morgan fingerprint density at radius 1 is 1.18 bits per heavy atom. The lowest BCUT2D eigenvalue weighted by atomic mass is 10.2. The predicted molar refractivity (Wildman–Crippen MR) is 65.9 cm³/mol. The van der Waals surface area contributed by atoms with E-state index in [4.69, 9.17) is 9.05 Å². The molecule has 0 spiro atoms. The molecule has 17 heavy (non-hydrogen) atoms. The van der Waals surface area contributed by atoms with Gasteiger partial charge in [-0.2, -0.15) is 0 Å². The molecular formula is C11H22NO4P. The molecule has 0 atom stereocenters. The first-order chi connectivity index (χ1) is 8.11. The molecule has 0 aromatic carbocycles. The second kappa shape index (κ2) is 7.14. The summed E-state index contributed by atoms with van der Waals surface area (Å²) in [5.41, 5.74) is 0. The molecule has 1 heterocycles. The van der Waals surface area contributed by atoms with Crippen molar-refractivity contribution >= 4 is 13.5 Å². The molecule has 100 valence electrons. The minimum Gasteiger partial charge on any atom is -0.331 e. The molecule has 0 radical (unpaired) electrons. The zero-order chi connectivity index (χ0) is 12.7. The molecule has 0 bridgehead atoms. The van der Waals surface area contributed by atoms with E-state index in [2.05, 4.69) is 0 Å². The van der Waals surface area contributed by atoms with E-state index in [1.165, 1.54) is 0 Å². The van der Waals surface area contributed by atoms with Crippen LogP contribution in [-0.4, -0.2) is 36.9 Å². The Hall–Kier alpha value is -0.380. The summed E-state index contributed by atoms with van der Waals surface area (Å²) >= 11 is 0. The van der Waals surface area contributed by atoms with Crippen molar-refractivity contribution in [2.45, 2.75) is 39.5 Å². The van der Waals surface area contributed by atoms with E-state index in [1.807, 2.05) is 0 Å². The van der Waals surface area contributed by atoms with Crippen LogP contribution in [0.2, 0.25) is 0 Å². The summed E-state index contributed by atoms with van der Waals surface area (Å²) in [5.74, 6) is 0.0575. The van der Waals surface area contributed by atoms with Gasteiger partial charge < -0.3 is 13.9 Å². The van der Waals surface area contributed by atoms with Crippen LogP contribution in [0, 0.1) is 0 Å². The summed E-state index contributed by atoms with van der Waals surface area (Å²) < 4.78 is 22.7. The number of carbonyl (C=O) groups is 1. The quantitative estimate of drug-likeness (QED) is 0.691. The van der Waals surface area contributed by atoms with Gasteiger partial charge in [-0.15, -0.1) is 0 Å². The van der Waals surface area contributed by atoms with E-state index in [9.17, 15) is 9.36 Å². The Morgan fingerprint density at radius 3 is 2.41 bits per heavy atom. The van der Waals surface area contributed by atoms with Crippen LogP contribution in [0.3, 0.4) is 0 Å². The first kappa shape index (κ1) is 14.7.